The van der Waals surface area contributed by atoms with Crippen LogP contribution in [0, 0.1) is 5.92 Å². The van der Waals surface area contributed by atoms with Gasteiger partial charge in [0.25, 0.3) is 0 Å². The second kappa shape index (κ2) is 7.41. The minimum Gasteiger partial charge on any atom is -0.468 e. The third-order valence-corrected chi connectivity index (χ3v) is 5.04. The average molecular weight is 284 g/mol. The molecule has 2 unspecified atom stereocenters. The molecule has 0 heterocycles. The summed E-state index contributed by atoms with van der Waals surface area (Å²) in [6.45, 7) is 6.20. The highest BCUT2D eigenvalue weighted by atomic mass is 16.5. The van der Waals surface area contributed by atoms with Gasteiger partial charge in [0.05, 0.1) is 7.11 Å². The molecule has 2 atom stereocenters. The number of methoxy groups -OCH3 is 1. The number of nitrogens with zero attached hydrogens (tertiary/aromatic N) is 1. The Balaban J connectivity index is 2.51. The summed E-state index contributed by atoms with van der Waals surface area (Å²) in [6.07, 6.45) is 7.11. The maximum Gasteiger partial charge on any atom is 0.325 e. The number of esters is 1. The molecule has 4 nitrogen and oxygen atoms in total. The van der Waals surface area contributed by atoms with Gasteiger partial charge in [0.2, 0.25) is 0 Å². The van der Waals surface area contributed by atoms with Gasteiger partial charge in [-0.05, 0) is 58.9 Å². The second-order valence-corrected chi connectivity index (χ2v) is 6.71. The summed E-state index contributed by atoms with van der Waals surface area (Å²) in [7, 11) is 3.56. The van der Waals surface area contributed by atoms with E-state index >= 15 is 0 Å². The lowest BCUT2D eigenvalue weighted by Gasteiger charge is -2.39. The lowest BCUT2D eigenvalue weighted by Crippen LogP contribution is -2.52. The summed E-state index contributed by atoms with van der Waals surface area (Å²) in [6, 6.07) is 0.911. The molecule has 1 aliphatic carbocycles. The molecule has 0 spiro atoms. The molecular weight excluding hydrogens is 252 g/mol. The van der Waals surface area contributed by atoms with Crippen molar-refractivity contribution >= 4 is 5.97 Å². The van der Waals surface area contributed by atoms with Gasteiger partial charge >= 0.3 is 5.97 Å². The average Bonchev–Trinajstić information content (AvgIpc) is 2.45. The van der Waals surface area contributed by atoms with E-state index in [1.54, 1.807) is 6.92 Å². The van der Waals surface area contributed by atoms with Crippen molar-refractivity contribution in [1.82, 2.24) is 4.90 Å². The van der Waals surface area contributed by atoms with E-state index in [9.17, 15) is 4.79 Å². The van der Waals surface area contributed by atoms with E-state index in [1.165, 1.54) is 39.2 Å². The summed E-state index contributed by atoms with van der Waals surface area (Å²) in [5, 5.41) is 0. The molecule has 2 N–H and O–H groups in total. The van der Waals surface area contributed by atoms with Crippen molar-refractivity contribution in [1.29, 1.82) is 0 Å². The van der Waals surface area contributed by atoms with Gasteiger partial charge in [-0.1, -0.05) is 13.3 Å². The van der Waals surface area contributed by atoms with Crippen molar-refractivity contribution in [3.05, 3.63) is 0 Å². The molecule has 20 heavy (non-hydrogen) atoms. The Hall–Kier alpha value is -0.610. The van der Waals surface area contributed by atoms with E-state index < -0.39 is 5.54 Å². The number of nitrogens with two attached hydrogens (primary N) is 1. The minimum atomic E-state index is -0.900. The zero-order valence-electron chi connectivity index (χ0n) is 13.8. The summed E-state index contributed by atoms with van der Waals surface area (Å²) in [5.74, 6) is 0.581. The molecule has 118 valence electrons. The van der Waals surface area contributed by atoms with Gasteiger partial charge in [0.1, 0.15) is 5.54 Å². The Kier molecular flexibility index (Phi) is 6.46. The molecule has 4 heteroatoms. The van der Waals surface area contributed by atoms with E-state index in [1.807, 2.05) is 0 Å². The fourth-order valence-corrected chi connectivity index (χ4v) is 3.39. The van der Waals surface area contributed by atoms with Crippen molar-refractivity contribution in [3.63, 3.8) is 0 Å². The normalized spacial score (nSPS) is 27.9. The molecule has 1 rings (SSSR count). The summed E-state index contributed by atoms with van der Waals surface area (Å²) in [5.41, 5.74) is 5.18. The highest BCUT2D eigenvalue weighted by Gasteiger charge is 2.34. The number of carbonyl (C=O) groups is 1. The topological polar surface area (TPSA) is 55.6 Å². The number of ether oxygens (including phenoxy) is 1. The first-order chi connectivity index (χ1) is 9.31. The number of hydrogen-bond donors (Lipinski definition) is 1. The molecular formula is C16H32N2O2. The monoisotopic (exact) mass is 284 g/mol. The van der Waals surface area contributed by atoms with Gasteiger partial charge < -0.3 is 15.4 Å². The molecule has 0 amide bonds. The summed E-state index contributed by atoms with van der Waals surface area (Å²) < 4.78 is 4.79. The molecule has 0 aromatic heterocycles. The van der Waals surface area contributed by atoms with Crippen molar-refractivity contribution < 1.29 is 9.53 Å². The maximum absolute atomic E-state index is 11.7. The predicted octanol–water partition coefficient (Wildman–Crippen LogP) is 2.56. The lowest BCUT2D eigenvalue weighted by molar-refractivity contribution is -0.147. The Bertz CT molecular complexity index is 310. The fourth-order valence-electron chi connectivity index (χ4n) is 3.39. The number of carbonyl (C=O) groups excluding carboxylic acids is 1. The molecule has 0 aromatic carbocycles. The van der Waals surface area contributed by atoms with Crippen LogP contribution in [-0.4, -0.2) is 42.6 Å². The molecule has 0 radical (unpaired) electrons. The van der Waals surface area contributed by atoms with E-state index in [0.717, 1.165) is 5.92 Å². The first-order valence-corrected chi connectivity index (χ1v) is 7.91. The molecule has 0 aromatic rings. The zero-order valence-corrected chi connectivity index (χ0v) is 13.8. The van der Waals surface area contributed by atoms with E-state index in [-0.39, 0.29) is 12.0 Å². The van der Waals surface area contributed by atoms with Crippen molar-refractivity contribution in [3.8, 4) is 0 Å². The van der Waals surface area contributed by atoms with Gasteiger partial charge in [-0.15, -0.1) is 0 Å². The van der Waals surface area contributed by atoms with Crippen LogP contribution in [0.4, 0.5) is 0 Å². The number of rotatable bonds is 6. The molecule has 0 aliphatic heterocycles. The van der Waals surface area contributed by atoms with Crippen molar-refractivity contribution in [2.75, 3.05) is 14.2 Å². The van der Waals surface area contributed by atoms with Crippen LogP contribution in [0.25, 0.3) is 0 Å². The third-order valence-electron chi connectivity index (χ3n) is 5.04. The SMILES string of the molecule is CCC1CCC(N(C)C(C)CC(C)(N)C(=O)OC)CC1. The van der Waals surface area contributed by atoms with Crippen LogP contribution in [-0.2, 0) is 9.53 Å². The first-order valence-electron chi connectivity index (χ1n) is 7.91. The van der Waals surface area contributed by atoms with Gasteiger partial charge in [-0.2, -0.15) is 0 Å². The molecule has 1 saturated carbocycles. The molecule has 1 aliphatic rings. The van der Waals surface area contributed by atoms with Crippen LogP contribution >= 0.6 is 0 Å². The maximum atomic E-state index is 11.7. The molecule has 0 bridgehead atoms. The largest absolute Gasteiger partial charge is 0.468 e. The Labute approximate surface area is 124 Å². The Morgan fingerprint density at radius 1 is 1.40 bits per heavy atom. The third kappa shape index (κ3) is 4.45. The molecule has 0 saturated heterocycles. The summed E-state index contributed by atoms with van der Waals surface area (Å²) in [4.78, 5) is 14.1. The second-order valence-electron chi connectivity index (χ2n) is 6.71. The fraction of sp³-hybridized carbons (Fsp3) is 0.938. The van der Waals surface area contributed by atoms with Crippen molar-refractivity contribution in [2.24, 2.45) is 11.7 Å². The van der Waals surface area contributed by atoms with Crippen LogP contribution in [0.15, 0.2) is 0 Å². The van der Waals surface area contributed by atoms with Crippen LogP contribution in [0.1, 0.15) is 59.3 Å². The van der Waals surface area contributed by atoms with E-state index in [4.69, 9.17) is 10.5 Å². The van der Waals surface area contributed by atoms with Gasteiger partial charge in [0.15, 0.2) is 0 Å². The van der Waals surface area contributed by atoms with E-state index in [0.29, 0.717) is 12.5 Å². The Morgan fingerprint density at radius 3 is 2.40 bits per heavy atom. The van der Waals surface area contributed by atoms with E-state index in [2.05, 4.69) is 25.8 Å². The highest BCUT2D eigenvalue weighted by molar-refractivity contribution is 5.79. The lowest BCUT2D eigenvalue weighted by atomic mass is 9.83. The minimum absolute atomic E-state index is 0.285. The van der Waals surface area contributed by atoms with Gasteiger partial charge in [-0.25, -0.2) is 0 Å². The standard InChI is InChI=1S/C16H32N2O2/c1-6-13-7-9-14(10-8-13)18(4)12(2)11-16(3,17)15(19)20-5/h12-14H,6-11,17H2,1-5H3. The van der Waals surface area contributed by atoms with Crippen LogP contribution in [0.2, 0.25) is 0 Å². The first kappa shape index (κ1) is 17.4. The smallest absolute Gasteiger partial charge is 0.325 e. The zero-order chi connectivity index (χ0) is 15.3. The van der Waals surface area contributed by atoms with Crippen LogP contribution in [0.3, 0.4) is 0 Å². The number of hydrogen-bond acceptors (Lipinski definition) is 4. The Morgan fingerprint density at radius 2 is 1.95 bits per heavy atom. The highest BCUT2D eigenvalue weighted by Crippen LogP contribution is 2.30. The summed E-state index contributed by atoms with van der Waals surface area (Å²) >= 11 is 0. The van der Waals surface area contributed by atoms with Gasteiger partial charge in [-0.3, -0.25) is 4.79 Å². The molecule has 1 fully saturated rings. The predicted molar refractivity (Wildman–Crippen MR) is 82.5 cm³/mol. The quantitative estimate of drug-likeness (QED) is 0.762. The van der Waals surface area contributed by atoms with Crippen LogP contribution < -0.4 is 5.73 Å². The van der Waals surface area contributed by atoms with Crippen LogP contribution in [0.5, 0.6) is 0 Å². The van der Waals surface area contributed by atoms with Gasteiger partial charge in [0, 0.05) is 12.1 Å². The van der Waals surface area contributed by atoms with Crippen molar-refractivity contribution in [2.45, 2.75) is 76.9 Å².